The zero-order chi connectivity index (χ0) is 25.5. The van der Waals surface area contributed by atoms with Gasteiger partial charge in [-0.1, -0.05) is 44.2 Å². The molecule has 2 amide bonds. The number of aryl methyl sites for hydroxylation is 1. The molecule has 0 unspecified atom stereocenters. The number of methoxy groups -OCH3 is 2. The van der Waals surface area contributed by atoms with Crippen molar-refractivity contribution in [2.75, 3.05) is 14.2 Å². The van der Waals surface area contributed by atoms with Crippen LogP contribution in [0.1, 0.15) is 46.7 Å². The minimum absolute atomic E-state index is 0.116. The van der Waals surface area contributed by atoms with E-state index in [4.69, 9.17) is 9.47 Å². The minimum atomic E-state index is -0.709. The largest absolute Gasteiger partial charge is 0.497 e. The van der Waals surface area contributed by atoms with Gasteiger partial charge < -0.3 is 20.1 Å². The van der Waals surface area contributed by atoms with E-state index in [1.165, 1.54) is 14.2 Å². The number of carbonyl (C=O) groups excluding carboxylic acids is 2. The van der Waals surface area contributed by atoms with Crippen LogP contribution in [0.4, 0.5) is 0 Å². The van der Waals surface area contributed by atoms with Gasteiger partial charge >= 0.3 is 0 Å². The number of nitrogens with zero attached hydrogens (tertiary/aromatic N) is 2. The fraction of sp³-hybridized carbons (Fsp3) is 0.370. The van der Waals surface area contributed by atoms with Crippen molar-refractivity contribution in [3.8, 4) is 11.5 Å². The second kappa shape index (κ2) is 11.6. The van der Waals surface area contributed by atoms with Gasteiger partial charge in [-0.15, -0.1) is 0 Å². The van der Waals surface area contributed by atoms with E-state index < -0.39 is 6.04 Å². The summed E-state index contributed by atoms with van der Waals surface area (Å²) < 4.78 is 12.4. The summed E-state index contributed by atoms with van der Waals surface area (Å²) in [6, 6.07) is 14.3. The maximum atomic E-state index is 13.1. The van der Waals surface area contributed by atoms with Crippen molar-refractivity contribution in [2.45, 2.75) is 46.8 Å². The number of aromatic nitrogens is 2. The lowest BCUT2D eigenvalue weighted by Crippen LogP contribution is -2.49. The smallest absolute Gasteiger partial charge is 0.252 e. The van der Waals surface area contributed by atoms with E-state index in [9.17, 15) is 9.59 Å². The molecule has 0 spiro atoms. The standard InChI is InChI=1S/C27H34N4O4/c1-17(2)25(29-26(32)21-12-22(34-5)14-23(13-21)35-6)27(33)28-15-24-18(3)30-31(19(24)4)16-20-10-8-7-9-11-20/h7-14,17,25H,15-16H2,1-6H3,(H,28,33)(H,29,32)/t25-/m0/s1. The topological polar surface area (TPSA) is 94.5 Å². The molecule has 2 N–H and O–H groups in total. The summed E-state index contributed by atoms with van der Waals surface area (Å²) >= 11 is 0. The summed E-state index contributed by atoms with van der Waals surface area (Å²) in [7, 11) is 3.04. The molecule has 8 heteroatoms. The maximum absolute atomic E-state index is 13.1. The summed E-state index contributed by atoms with van der Waals surface area (Å²) in [4.78, 5) is 26.0. The van der Waals surface area contributed by atoms with Gasteiger partial charge in [0.15, 0.2) is 0 Å². The third-order valence-corrected chi connectivity index (χ3v) is 6.00. The van der Waals surface area contributed by atoms with E-state index in [1.807, 2.05) is 50.6 Å². The van der Waals surface area contributed by atoms with E-state index in [2.05, 4.69) is 27.9 Å². The molecule has 0 bridgehead atoms. The van der Waals surface area contributed by atoms with Gasteiger partial charge in [0.1, 0.15) is 17.5 Å². The molecule has 1 aromatic heterocycles. The molecule has 3 aromatic rings. The highest BCUT2D eigenvalue weighted by Crippen LogP contribution is 2.23. The van der Waals surface area contributed by atoms with Crippen LogP contribution in [0.2, 0.25) is 0 Å². The number of nitrogens with one attached hydrogen (secondary N) is 2. The summed E-state index contributed by atoms with van der Waals surface area (Å²) in [6.07, 6.45) is 0. The molecule has 0 aliphatic carbocycles. The average molecular weight is 479 g/mol. The second-order valence-electron chi connectivity index (χ2n) is 8.81. The Morgan fingerprint density at radius 1 is 1.00 bits per heavy atom. The van der Waals surface area contributed by atoms with Crippen molar-refractivity contribution in [3.05, 3.63) is 76.6 Å². The van der Waals surface area contributed by atoms with Crippen molar-refractivity contribution in [2.24, 2.45) is 5.92 Å². The van der Waals surface area contributed by atoms with Crippen LogP contribution in [-0.2, 0) is 17.9 Å². The van der Waals surface area contributed by atoms with E-state index >= 15 is 0 Å². The van der Waals surface area contributed by atoms with Crippen molar-refractivity contribution in [3.63, 3.8) is 0 Å². The zero-order valence-corrected chi connectivity index (χ0v) is 21.2. The zero-order valence-electron chi connectivity index (χ0n) is 21.2. The SMILES string of the molecule is COc1cc(OC)cc(C(=O)N[C@H](C(=O)NCc2c(C)nn(Cc3ccccc3)c2C)C(C)C)c1. The van der Waals surface area contributed by atoms with Gasteiger partial charge in [-0.05, 0) is 37.5 Å². The number of benzene rings is 2. The van der Waals surface area contributed by atoms with Crippen LogP contribution in [-0.4, -0.2) is 41.9 Å². The monoisotopic (exact) mass is 478 g/mol. The van der Waals surface area contributed by atoms with E-state index in [0.717, 1.165) is 22.5 Å². The fourth-order valence-electron chi connectivity index (χ4n) is 3.88. The van der Waals surface area contributed by atoms with Crippen molar-refractivity contribution in [1.29, 1.82) is 0 Å². The number of carbonyl (C=O) groups is 2. The van der Waals surface area contributed by atoms with Crippen LogP contribution in [0, 0.1) is 19.8 Å². The van der Waals surface area contributed by atoms with Gasteiger partial charge in [-0.25, -0.2) is 0 Å². The quantitative estimate of drug-likeness (QED) is 0.464. The van der Waals surface area contributed by atoms with Crippen molar-refractivity contribution in [1.82, 2.24) is 20.4 Å². The molecule has 8 nitrogen and oxygen atoms in total. The molecule has 3 rings (SSSR count). The Balaban J connectivity index is 1.69. The van der Waals surface area contributed by atoms with Crippen LogP contribution in [0.15, 0.2) is 48.5 Å². The molecule has 35 heavy (non-hydrogen) atoms. The summed E-state index contributed by atoms with van der Waals surface area (Å²) in [5, 5.41) is 10.5. The summed E-state index contributed by atoms with van der Waals surface area (Å²) in [5.41, 5.74) is 4.35. The molecular formula is C27H34N4O4. The minimum Gasteiger partial charge on any atom is -0.497 e. The number of hydrogen-bond acceptors (Lipinski definition) is 5. The van der Waals surface area contributed by atoms with E-state index in [1.54, 1.807) is 18.2 Å². The van der Waals surface area contributed by atoms with Crippen molar-refractivity contribution >= 4 is 11.8 Å². The van der Waals surface area contributed by atoms with Crippen LogP contribution in [0.3, 0.4) is 0 Å². The lowest BCUT2D eigenvalue weighted by molar-refractivity contribution is -0.124. The molecule has 2 aromatic carbocycles. The molecule has 0 saturated carbocycles. The molecule has 0 saturated heterocycles. The molecule has 186 valence electrons. The Bertz CT molecular complexity index is 1150. The van der Waals surface area contributed by atoms with Gasteiger partial charge in [0.05, 0.1) is 26.5 Å². The van der Waals surface area contributed by atoms with Crippen LogP contribution >= 0.6 is 0 Å². The van der Waals surface area contributed by atoms with Gasteiger partial charge in [0.25, 0.3) is 5.91 Å². The summed E-state index contributed by atoms with van der Waals surface area (Å²) in [6.45, 7) is 8.72. The molecule has 0 aliphatic rings. The highest BCUT2D eigenvalue weighted by molar-refractivity contribution is 5.98. The Kier molecular flexibility index (Phi) is 8.52. The predicted molar refractivity (Wildman–Crippen MR) is 135 cm³/mol. The first kappa shape index (κ1) is 25.8. The average Bonchev–Trinajstić information content (AvgIpc) is 3.12. The normalized spacial score (nSPS) is 11.7. The highest BCUT2D eigenvalue weighted by Gasteiger charge is 2.25. The van der Waals surface area contributed by atoms with Crippen molar-refractivity contribution < 1.29 is 19.1 Å². The lowest BCUT2D eigenvalue weighted by atomic mass is 10.0. The first-order chi connectivity index (χ1) is 16.7. The fourth-order valence-corrected chi connectivity index (χ4v) is 3.88. The molecule has 0 radical (unpaired) electrons. The number of ether oxygens (including phenoxy) is 2. The van der Waals surface area contributed by atoms with Crippen LogP contribution in [0.25, 0.3) is 0 Å². The number of amides is 2. The van der Waals surface area contributed by atoms with Gasteiger partial charge in [-0.2, -0.15) is 5.10 Å². The second-order valence-corrected chi connectivity index (χ2v) is 8.81. The third kappa shape index (κ3) is 6.41. The molecule has 0 aliphatic heterocycles. The van der Waals surface area contributed by atoms with Gasteiger partial charge in [0.2, 0.25) is 5.91 Å². The van der Waals surface area contributed by atoms with Crippen LogP contribution in [0.5, 0.6) is 11.5 Å². The Morgan fingerprint density at radius 2 is 1.63 bits per heavy atom. The lowest BCUT2D eigenvalue weighted by Gasteiger charge is -2.22. The summed E-state index contributed by atoms with van der Waals surface area (Å²) in [5.74, 6) is 0.253. The van der Waals surface area contributed by atoms with E-state index in [0.29, 0.717) is 30.2 Å². The maximum Gasteiger partial charge on any atom is 0.252 e. The van der Waals surface area contributed by atoms with Crippen LogP contribution < -0.4 is 20.1 Å². The van der Waals surface area contributed by atoms with Gasteiger partial charge in [-0.3, -0.25) is 14.3 Å². The third-order valence-electron chi connectivity index (χ3n) is 6.00. The highest BCUT2D eigenvalue weighted by atomic mass is 16.5. The Hall–Kier alpha value is -3.81. The molecule has 1 heterocycles. The molecular weight excluding hydrogens is 444 g/mol. The number of hydrogen-bond donors (Lipinski definition) is 2. The molecule has 1 atom stereocenters. The first-order valence-corrected chi connectivity index (χ1v) is 11.6. The van der Waals surface area contributed by atoms with E-state index in [-0.39, 0.29) is 17.7 Å². The van der Waals surface area contributed by atoms with Gasteiger partial charge in [0, 0.05) is 29.4 Å². The number of rotatable bonds is 10. The molecule has 0 fully saturated rings. The Labute approximate surface area is 206 Å². The predicted octanol–water partition coefficient (Wildman–Crippen LogP) is 3.64. The Morgan fingerprint density at radius 3 is 2.20 bits per heavy atom. The first-order valence-electron chi connectivity index (χ1n) is 11.6.